The average Bonchev–Trinajstić information content (AvgIpc) is 2.53. The number of carboxylic acids is 1. The van der Waals surface area contributed by atoms with E-state index in [1.54, 1.807) is 12.7 Å². The van der Waals surface area contributed by atoms with Crippen molar-refractivity contribution in [3.63, 3.8) is 0 Å². The highest BCUT2D eigenvalue weighted by Crippen LogP contribution is 2.07. The molecule has 1 N–H and O–H groups in total. The molecule has 0 amide bonds. The number of rotatable bonds is 5. The third-order valence-electron chi connectivity index (χ3n) is 1.84. The second kappa shape index (κ2) is 4.59. The summed E-state index contributed by atoms with van der Waals surface area (Å²) in [6.45, 7) is 2.79. The van der Waals surface area contributed by atoms with Gasteiger partial charge in [0.05, 0.1) is 0 Å². The molecular weight excluding hydrogens is 170 g/mol. The molecule has 0 aliphatic rings. The summed E-state index contributed by atoms with van der Waals surface area (Å²) in [5, 5.41) is 15.8. The van der Waals surface area contributed by atoms with E-state index in [0.29, 0.717) is 12.3 Å². The van der Waals surface area contributed by atoms with Crippen molar-refractivity contribution in [1.29, 1.82) is 0 Å². The van der Waals surface area contributed by atoms with Crippen molar-refractivity contribution >= 4 is 5.97 Å². The third-order valence-corrected chi connectivity index (χ3v) is 1.84. The van der Waals surface area contributed by atoms with Crippen molar-refractivity contribution in [3.05, 3.63) is 12.7 Å². The number of hydrogen-bond donors (Lipinski definition) is 1. The van der Waals surface area contributed by atoms with Crippen molar-refractivity contribution in [1.82, 2.24) is 14.8 Å². The van der Waals surface area contributed by atoms with E-state index in [4.69, 9.17) is 5.11 Å². The molecule has 1 heterocycles. The molecule has 1 unspecified atom stereocenters. The van der Waals surface area contributed by atoms with E-state index in [-0.39, 0.29) is 6.42 Å². The van der Waals surface area contributed by atoms with Gasteiger partial charge in [-0.3, -0.25) is 4.79 Å². The summed E-state index contributed by atoms with van der Waals surface area (Å²) in [7, 11) is 0. The molecular formula is C8H13N3O2. The Bertz CT molecular complexity index is 258. The van der Waals surface area contributed by atoms with Gasteiger partial charge in [-0.15, -0.1) is 10.2 Å². The van der Waals surface area contributed by atoms with Gasteiger partial charge in [-0.1, -0.05) is 6.92 Å². The van der Waals surface area contributed by atoms with Gasteiger partial charge in [0.15, 0.2) is 0 Å². The lowest BCUT2D eigenvalue weighted by Gasteiger charge is -2.09. The number of carboxylic acid groups (broad SMARTS) is 1. The fourth-order valence-corrected chi connectivity index (χ4v) is 1.14. The quantitative estimate of drug-likeness (QED) is 0.732. The molecule has 0 saturated heterocycles. The lowest BCUT2D eigenvalue weighted by Crippen LogP contribution is -2.08. The molecule has 13 heavy (non-hydrogen) atoms. The molecule has 0 saturated carbocycles. The van der Waals surface area contributed by atoms with Crippen LogP contribution >= 0.6 is 0 Å². The van der Waals surface area contributed by atoms with Crippen LogP contribution in [-0.4, -0.2) is 25.8 Å². The molecule has 0 bridgehead atoms. The van der Waals surface area contributed by atoms with E-state index in [9.17, 15) is 4.79 Å². The molecule has 1 rings (SSSR count). The minimum atomic E-state index is -0.740. The summed E-state index contributed by atoms with van der Waals surface area (Å²) in [4.78, 5) is 10.3. The molecule has 1 aromatic rings. The van der Waals surface area contributed by atoms with Gasteiger partial charge in [0.1, 0.15) is 12.7 Å². The Balaban J connectivity index is 2.25. The maximum Gasteiger partial charge on any atom is 0.303 e. The Kier molecular flexibility index (Phi) is 3.42. The third kappa shape index (κ3) is 3.68. The Labute approximate surface area is 76.4 Å². The first-order valence-electron chi connectivity index (χ1n) is 4.22. The van der Waals surface area contributed by atoms with E-state index in [0.717, 1.165) is 6.54 Å². The second-order valence-electron chi connectivity index (χ2n) is 3.20. The Morgan fingerprint density at radius 1 is 1.54 bits per heavy atom. The van der Waals surface area contributed by atoms with Crippen molar-refractivity contribution in [2.45, 2.75) is 26.3 Å². The van der Waals surface area contributed by atoms with Gasteiger partial charge in [0, 0.05) is 13.0 Å². The highest BCUT2D eigenvalue weighted by molar-refractivity contribution is 5.66. The van der Waals surface area contributed by atoms with Crippen LogP contribution < -0.4 is 0 Å². The van der Waals surface area contributed by atoms with Crippen LogP contribution in [0.5, 0.6) is 0 Å². The Morgan fingerprint density at radius 2 is 2.15 bits per heavy atom. The number of aromatic nitrogens is 3. The van der Waals surface area contributed by atoms with Crippen LogP contribution in [0.1, 0.15) is 19.8 Å². The molecule has 0 radical (unpaired) electrons. The van der Waals surface area contributed by atoms with Crippen LogP contribution in [0.3, 0.4) is 0 Å². The lowest BCUT2D eigenvalue weighted by atomic mass is 10.1. The number of carbonyl (C=O) groups is 1. The number of hydrogen-bond acceptors (Lipinski definition) is 3. The summed E-state index contributed by atoms with van der Waals surface area (Å²) >= 11 is 0. The molecule has 0 aromatic carbocycles. The zero-order valence-corrected chi connectivity index (χ0v) is 7.55. The molecule has 0 aliphatic carbocycles. The molecule has 5 nitrogen and oxygen atoms in total. The first kappa shape index (κ1) is 9.70. The maximum absolute atomic E-state index is 10.3. The first-order valence-corrected chi connectivity index (χ1v) is 4.22. The van der Waals surface area contributed by atoms with E-state index in [1.165, 1.54) is 0 Å². The van der Waals surface area contributed by atoms with Crippen molar-refractivity contribution < 1.29 is 9.90 Å². The van der Waals surface area contributed by atoms with Crippen LogP contribution in [0.2, 0.25) is 0 Å². The standard InChI is InChI=1S/C8H13N3O2/c1-7(2-3-8(12)13)4-11-5-9-10-6-11/h5-7H,2-4H2,1H3,(H,12,13). The van der Waals surface area contributed by atoms with Crippen molar-refractivity contribution in [2.24, 2.45) is 5.92 Å². The van der Waals surface area contributed by atoms with Crippen LogP contribution in [0.4, 0.5) is 0 Å². The lowest BCUT2D eigenvalue weighted by molar-refractivity contribution is -0.137. The van der Waals surface area contributed by atoms with Crippen LogP contribution in [0, 0.1) is 5.92 Å². The van der Waals surface area contributed by atoms with E-state index in [2.05, 4.69) is 10.2 Å². The zero-order chi connectivity index (χ0) is 9.68. The SMILES string of the molecule is CC(CCC(=O)O)Cn1cnnc1. The van der Waals surface area contributed by atoms with Gasteiger partial charge >= 0.3 is 5.97 Å². The highest BCUT2D eigenvalue weighted by atomic mass is 16.4. The van der Waals surface area contributed by atoms with Gasteiger partial charge in [0.25, 0.3) is 0 Å². The highest BCUT2D eigenvalue weighted by Gasteiger charge is 2.05. The molecule has 1 atom stereocenters. The molecule has 1 aromatic heterocycles. The Hall–Kier alpha value is -1.39. The summed E-state index contributed by atoms with van der Waals surface area (Å²) in [6, 6.07) is 0. The molecule has 5 heteroatoms. The predicted molar refractivity (Wildman–Crippen MR) is 46.1 cm³/mol. The van der Waals surface area contributed by atoms with Crippen LogP contribution in [0.15, 0.2) is 12.7 Å². The monoisotopic (exact) mass is 183 g/mol. The molecule has 0 fully saturated rings. The van der Waals surface area contributed by atoms with E-state index < -0.39 is 5.97 Å². The minimum Gasteiger partial charge on any atom is -0.481 e. The largest absolute Gasteiger partial charge is 0.481 e. The van der Waals surface area contributed by atoms with Crippen LogP contribution in [0.25, 0.3) is 0 Å². The second-order valence-corrected chi connectivity index (χ2v) is 3.20. The van der Waals surface area contributed by atoms with Gasteiger partial charge < -0.3 is 9.67 Å². The molecule has 0 spiro atoms. The van der Waals surface area contributed by atoms with Crippen LogP contribution in [-0.2, 0) is 11.3 Å². The van der Waals surface area contributed by atoms with E-state index in [1.807, 2.05) is 11.5 Å². The number of aliphatic carboxylic acids is 1. The average molecular weight is 183 g/mol. The Morgan fingerprint density at radius 3 is 2.69 bits per heavy atom. The van der Waals surface area contributed by atoms with Gasteiger partial charge in [-0.05, 0) is 12.3 Å². The van der Waals surface area contributed by atoms with Gasteiger partial charge in [-0.25, -0.2) is 0 Å². The predicted octanol–water partition coefficient (Wildman–Crippen LogP) is 0.779. The summed E-state index contributed by atoms with van der Waals surface area (Å²) in [6.07, 6.45) is 4.19. The smallest absolute Gasteiger partial charge is 0.303 e. The number of nitrogens with zero attached hydrogens (tertiary/aromatic N) is 3. The normalized spacial score (nSPS) is 12.7. The van der Waals surface area contributed by atoms with E-state index >= 15 is 0 Å². The molecule has 72 valence electrons. The van der Waals surface area contributed by atoms with Gasteiger partial charge in [-0.2, -0.15) is 0 Å². The first-order chi connectivity index (χ1) is 6.18. The van der Waals surface area contributed by atoms with Gasteiger partial charge in [0.2, 0.25) is 0 Å². The fourth-order valence-electron chi connectivity index (χ4n) is 1.14. The summed E-state index contributed by atoms with van der Waals surface area (Å²) in [5.41, 5.74) is 0. The molecule has 0 aliphatic heterocycles. The maximum atomic E-state index is 10.3. The summed E-state index contributed by atoms with van der Waals surface area (Å²) < 4.78 is 1.85. The summed E-state index contributed by atoms with van der Waals surface area (Å²) in [5.74, 6) is -0.400. The zero-order valence-electron chi connectivity index (χ0n) is 7.55. The fraction of sp³-hybridized carbons (Fsp3) is 0.625. The van der Waals surface area contributed by atoms with Crippen molar-refractivity contribution in [2.75, 3.05) is 0 Å². The minimum absolute atomic E-state index is 0.225. The topological polar surface area (TPSA) is 68.0 Å². The van der Waals surface area contributed by atoms with Crippen molar-refractivity contribution in [3.8, 4) is 0 Å².